The third kappa shape index (κ3) is 6.80. The van der Waals surface area contributed by atoms with Gasteiger partial charge in [-0.05, 0) is 50.3 Å². The first kappa shape index (κ1) is 23.8. The van der Waals surface area contributed by atoms with Gasteiger partial charge in [0.05, 0.1) is 18.1 Å². The molecule has 5 nitrogen and oxygen atoms in total. The van der Waals surface area contributed by atoms with Crippen LogP contribution in [0.3, 0.4) is 0 Å². The Hall–Kier alpha value is -1.87. The van der Waals surface area contributed by atoms with E-state index in [1.807, 2.05) is 62.4 Å². The Morgan fingerprint density at radius 3 is 2.45 bits per heavy atom. The van der Waals surface area contributed by atoms with E-state index in [1.165, 1.54) is 17.3 Å². The second kappa shape index (κ2) is 11.7. The number of ether oxygens (including phenoxy) is 3. The van der Waals surface area contributed by atoms with E-state index in [4.69, 9.17) is 26.4 Å². The lowest BCUT2D eigenvalue weighted by Gasteiger charge is -2.12. The standard InChI is InChI=1S/C23H24BrNO4S2/c1-3-25-22(26)21(31-23(25)30)15-17-14-18(24)6-9-20(17)29-13-11-27-10-12-28-19-7-4-16(2)5-8-19/h4-9,14-15H,3,10-13H2,1-2H3/b21-15-. The molecule has 0 aromatic heterocycles. The Balaban J connectivity index is 1.48. The first-order chi connectivity index (χ1) is 15.0. The van der Waals surface area contributed by atoms with Crippen LogP contribution in [0.4, 0.5) is 0 Å². The van der Waals surface area contributed by atoms with E-state index in [-0.39, 0.29) is 5.91 Å². The number of nitrogens with zero attached hydrogens (tertiary/aromatic N) is 1. The zero-order valence-electron chi connectivity index (χ0n) is 17.4. The molecular formula is C23H24BrNO4S2. The van der Waals surface area contributed by atoms with Crippen LogP contribution in [-0.2, 0) is 9.53 Å². The molecule has 1 fully saturated rings. The highest BCUT2D eigenvalue weighted by molar-refractivity contribution is 9.10. The van der Waals surface area contributed by atoms with Crippen molar-refractivity contribution < 1.29 is 19.0 Å². The number of rotatable bonds is 10. The van der Waals surface area contributed by atoms with Crippen LogP contribution in [0.25, 0.3) is 6.08 Å². The fourth-order valence-electron chi connectivity index (χ4n) is 2.84. The second-order valence-electron chi connectivity index (χ2n) is 6.73. The number of hydrogen-bond donors (Lipinski definition) is 0. The van der Waals surface area contributed by atoms with E-state index in [9.17, 15) is 4.79 Å². The minimum atomic E-state index is -0.0691. The summed E-state index contributed by atoms with van der Waals surface area (Å²) in [5.74, 6) is 1.45. The molecule has 31 heavy (non-hydrogen) atoms. The average molecular weight is 522 g/mol. The predicted molar refractivity (Wildman–Crippen MR) is 133 cm³/mol. The molecule has 1 aliphatic rings. The second-order valence-corrected chi connectivity index (χ2v) is 9.32. The van der Waals surface area contributed by atoms with Crippen molar-refractivity contribution in [2.45, 2.75) is 13.8 Å². The van der Waals surface area contributed by atoms with Gasteiger partial charge in [-0.25, -0.2) is 0 Å². The summed E-state index contributed by atoms with van der Waals surface area (Å²) in [5, 5.41) is 0. The number of carbonyl (C=O) groups is 1. The first-order valence-corrected chi connectivity index (χ1v) is 11.9. The van der Waals surface area contributed by atoms with Gasteiger partial charge in [0.1, 0.15) is 29.0 Å². The molecule has 1 heterocycles. The summed E-state index contributed by atoms with van der Waals surface area (Å²) in [6, 6.07) is 13.6. The number of likely N-dealkylation sites (N-methyl/N-ethyl adjacent to an activating group) is 1. The minimum Gasteiger partial charge on any atom is -0.491 e. The maximum Gasteiger partial charge on any atom is 0.266 e. The fraction of sp³-hybridized carbons (Fsp3) is 0.304. The van der Waals surface area contributed by atoms with Crippen molar-refractivity contribution in [3.05, 3.63) is 63.0 Å². The molecule has 1 aliphatic heterocycles. The van der Waals surface area contributed by atoms with Gasteiger partial charge in [0.2, 0.25) is 0 Å². The van der Waals surface area contributed by atoms with Crippen molar-refractivity contribution in [2.75, 3.05) is 33.0 Å². The van der Waals surface area contributed by atoms with E-state index < -0.39 is 0 Å². The Morgan fingerprint density at radius 2 is 1.77 bits per heavy atom. The molecule has 1 amide bonds. The maximum atomic E-state index is 12.5. The topological polar surface area (TPSA) is 48.0 Å². The lowest BCUT2D eigenvalue weighted by atomic mass is 10.2. The van der Waals surface area contributed by atoms with Gasteiger partial charge in [-0.1, -0.05) is 57.6 Å². The Kier molecular flexibility index (Phi) is 8.95. The van der Waals surface area contributed by atoms with Gasteiger partial charge in [-0.2, -0.15) is 0 Å². The molecule has 0 bridgehead atoms. The number of aryl methyl sites for hydroxylation is 1. The zero-order valence-corrected chi connectivity index (χ0v) is 20.6. The van der Waals surface area contributed by atoms with Crippen LogP contribution in [0, 0.1) is 6.92 Å². The molecule has 0 unspecified atom stereocenters. The molecule has 8 heteroatoms. The number of halogens is 1. The number of hydrogen-bond acceptors (Lipinski definition) is 6. The van der Waals surface area contributed by atoms with E-state index >= 15 is 0 Å². The molecule has 0 radical (unpaired) electrons. The summed E-state index contributed by atoms with van der Waals surface area (Å²) >= 11 is 10.1. The van der Waals surface area contributed by atoms with Gasteiger partial charge < -0.3 is 14.2 Å². The molecular weight excluding hydrogens is 498 g/mol. The van der Waals surface area contributed by atoms with E-state index in [1.54, 1.807) is 4.90 Å². The zero-order chi connectivity index (χ0) is 22.2. The quantitative estimate of drug-likeness (QED) is 0.235. The third-order valence-corrected chi connectivity index (χ3v) is 6.32. The van der Waals surface area contributed by atoms with Crippen molar-refractivity contribution in [3.63, 3.8) is 0 Å². The SMILES string of the molecule is CCN1C(=O)/C(=C/c2cc(Br)ccc2OCCOCCOc2ccc(C)cc2)SC1=S. The Labute approximate surface area is 200 Å². The number of thiocarbonyl (C=S) groups is 1. The van der Waals surface area contributed by atoms with Crippen LogP contribution in [0.15, 0.2) is 51.8 Å². The maximum absolute atomic E-state index is 12.5. The first-order valence-electron chi connectivity index (χ1n) is 9.93. The molecule has 3 rings (SSSR count). The van der Waals surface area contributed by atoms with Gasteiger partial charge in [0.25, 0.3) is 5.91 Å². The summed E-state index contributed by atoms with van der Waals surface area (Å²) in [6.45, 7) is 6.30. The van der Waals surface area contributed by atoms with Crippen LogP contribution in [0.5, 0.6) is 11.5 Å². The van der Waals surface area contributed by atoms with E-state index in [0.29, 0.717) is 47.9 Å². The predicted octanol–water partition coefficient (Wildman–Crippen LogP) is 5.45. The molecule has 0 spiro atoms. The smallest absolute Gasteiger partial charge is 0.266 e. The van der Waals surface area contributed by atoms with Gasteiger partial charge in [0.15, 0.2) is 0 Å². The molecule has 2 aromatic rings. The van der Waals surface area contributed by atoms with Crippen LogP contribution in [0.2, 0.25) is 0 Å². The monoisotopic (exact) mass is 521 g/mol. The van der Waals surface area contributed by atoms with Gasteiger partial charge in [-0.3, -0.25) is 9.69 Å². The fourth-order valence-corrected chi connectivity index (χ4v) is 4.60. The number of benzene rings is 2. The van der Waals surface area contributed by atoms with Crippen molar-refractivity contribution in [3.8, 4) is 11.5 Å². The van der Waals surface area contributed by atoms with Gasteiger partial charge >= 0.3 is 0 Å². The Bertz CT molecular complexity index is 963. The summed E-state index contributed by atoms with van der Waals surface area (Å²) in [7, 11) is 0. The highest BCUT2D eigenvalue weighted by Gasteiger charge is 2.30. The summed E-state index contributed by atoms with van der Waals surface area (Å²) in [6.07, 6.45) is 1.82. The van der Waals surface area contributed by atoms with Crippen molar-refractivity contribution in [1.82, 2.24) is 4.90 Å². The molecule has 0 N–H and O–H groups in total. The lowest BCUT2D eigenvalue weighted by molar-refractivity contribution is -0.121. The van der Waals surface area contributed by atoms with Crippen LogP contribution < -0.4 is 9.47 Å². The molecule has 0 atom stereocenters. The lowest BCUT2D eigenvalue weighted by Crippen LogP contribution is -2.27. The van der Waals surface area contributed by atoms with Crippen molar-refractivity contribution in [2.24, 2.45) is 0 Å². The molecule has 1 saturated heterocycles. The van der Waals surface area contributed by atoms with Crippen LogP contribution in [-0.4, -0.2) is 48.1 Å². The third-order valence-electron chi connectivity index (χ3n) is 4.45. The highest BCUT2D eigenvalue weighted by Crippen LogP contribution is 2.34. The molecule has 164 valence electrons. The van der Waals surface area contributed by atoms with E-state index in [0.717, 1.165) is 15.8 Å². The summed E-state index contributed by atoms with van der Waals surface area (Å²) < 4.78 is 18.6. The summed E-state index contributed by atoms with van der Waals surface area (Å²) in [5.41, 5.74) is 2.01. The van der Waals surface area contributed by atoms with Crippen LogP contribution >= 0.6 is 39.9 Å². The van der Waals surface area contributed by atoms with E-state index in [2.05, 4.69) is 15.9 Å². The van der Waals surface area contributed by atoms with Crippen LogP contribution in [0.1, 0.15) is 18.1 Å². The van der Waals surface area contributed by atoms with Gasteiger partial charge in [0, 0.05) is 16.6 Å². The van der Waals surface area contributed by atoms with Crippen molar-refractivity contribution >= 4 is 56.2 Å². The molecule has 0 saturated carbocycles. The Morgan fingerprint density at radius 1 is 1.06 bits per heavy atom. The minimum absolute atomic E-state index is 0.0691. The highest BCUT2D eigenvalue weighted by atomic mass is 79.9. The average Bonchev–Trinajstić information content (AvgIpc) is 3.02. The normalized spacial score (nSPS) is 15.1. The van der Waals surface area contributed by atoms with Gasteiger partial charge in [-0.15, -0.1) is 0 Å². The number of thioether (sulfide) groups is 1. The largest absolute Gasteiger partial charge is 0.491 e. The summed E-state index contributed by atoms with van der Waals surface area (Å²) in [4.78, 5) is 14.7. The molecule has 2 aromatic carbocycles. The number of carbonyl (C=O) groups excluding carboxylic acids is 1. The molecule has 0 aliphatic carbocycles. The van der Waals surface area contributed by atoms with Crippen molar-refractivity contribution in [1.29, 1.82) is 0 Å². The number of amides is 1.